The highest BCUT2D eigenvalue weighted by atomic mass is 15.3. The molecule has 3 N–H and O–H groups in total. The van der Waals surface area contributed by atoms with Crippen molar-refractivity contribution in [3.63, 3.8) is 0 Å². The number of nitrogens with zero attached hydrogens (tertiary/aromatic N) is 2. The molecule has 0 bridgehead atoms. The molecule has 1 aromatic rings. The Hall–Kier alpha value is -1.13. The molecule has 0 amide bonds. The van der Waals surface area contributed by atoms with E-state index in [4.69, 9.17) is 5.73 Å². The van der Waals surface area contributed by atoms with E-state index < -0.39 is 0 Å². The van der Waals surface area contributed by atoms with E-state index in [-0.39, 0.29) is 6.04 Å². The third-order valence-corrected chi connectivity index (χ3v) is 2.60. The van der Waals surface area contributed by atoms with Crippen molar-refractivity contribution in [2.45, 2.75) is 25.9 Å². The van der Waals surface area contributed by atoms with Crippen molar-refractivity contribution >= 4 is 5.57 Å². The molecule has 4 heteroatoms. The van der Waals surface area contributed by atoms with E-state index in [1.54, 1.807) is 0 Å². The fourth-order valence-corrected chi connectivity index (χ4v) is 1.91. The molecule has 0 aromatic carbocycles. The summed E-state index contributed by atoms with van der Waals surface area (Å²) in [6.07, 6.45) is 3.97. The minimum absolute atomic E-state index is 0.115. The molecule has 1 unspecified atom stereocenters. The average Bonchev–Trinajstić information content (AvgIpc) is 2.65. The molecule has 82 valence electrons. The Kier molecular flexibility index (Phi) is 2.88. The summed E-state index contributed by atoms with van der Waals surface area (Å²) in [5, 5.41) is 7.63. The van der Waals surface area contributed by atoms with Gasteiger partial charge in [-0.25, -0.2) is 0 Å². The second kappa shape index (κ2) is 4.16. The van der Waals surface area contributed by atoms with Gasteiger partial charge in [0.1, 0.15) is 0 Å². The molecule has 1 aromatic heterocycles. The van der Waals surface area contributed by atoms with Gasteiger partial charge in [0.2, 0.25) is 0 Å². The largest absolute Gasteiger partial charge is 0.323 e. The predicted molar refractivity (Wildman–Crippen MR) is 61.4 cm³/mol. The van der Waals surface area contributed by atoms with Crippen molar-refractivity contribution < 1.29 is 0 Å². The topological polar surface area (TPSA) is 55.9 Å². The van der Waals surface area contributed by atoms with Gasteiger partial charge in [-0.3, -0.25) is 4.68 Å². The predicted octanol–water partition coefficient (Wildman–Crippen LogP) is 0.778. The summed E-state index contributed by atoms with van der Waals surface area (Å²) >= 11 is 0. The van der Waals surface area contributed by atoms with E-state index in [9.17, 15) is 0 Å². The Balaban J connectivity index is 2.32. The van der Waals surface area contributed by atoms with Gasteiger partial charge in [-0.15, -0.1) is 0 Å². The molecule has 2 heterocycles. The quantitative estimate of drug-likeness (QED) is 0.751. The fourth-order valence-electron chi connectivity index (χ4n) is 1.91. The lowest BCUT2D eigenvalue weighted by Gasteiger charge is -2.21. The Labute approximate surface area is 90.2 Å². The Morgan fingerprint density at radius 3 is 3.07 bits per heavy atom. The van der Waals surface area contributed by atoms with Gasteiger partial charge in [-0.1, -0.05) is 6.08 Å². The van der Waals surface area contributed by atoms with Crippen molar-refractivity contribution in [3.8, 4) is 0 Å². The summed E-state index contributed by atoms with van der Waals surface area (Å²) in [4.78, 5) is 0. The highest BCUT2D eigenvalue weighted by molar-refractivity contribution is 5.65. The normalized spacial score (nSPS) is 21.9. The molecule has 2 rings (SSSR count). The number of nitrogens with two attached hydrogens (primary N) is 1. The second-order valence-corrected chi connectivity index (χ2v) is 4.24. The van der Waals surface area contributed by atoms with E-state index in [1.165, 1.54) is 11.3 Å². The second-order valence-electron chi connectivity index (χ2n) is 4.24. The summed E-state index contributed by atoms with van der Waals surface area (Å²) in [5.41, 5.74) is 8.31. The Bertz CT molecular complexity index is 364. The highest BCUT2D eigenvalue weighted by Crippen LogP contribution is 2.19. The van der Waals surface area contributed by atoms with Crippen molar-refractivity contribution in [2.75, 3.05) is 13.1 Å². The van der Waals surface area contributed by atoms with Crippen LogP contribution in [0.5, 0.6) is 0 Å². The van der Waals surface area contributed by atoms with Crippen molar-refractivity contribution in [1.82, 2.24) is 15.1 Å². The van der Waals surface area contributed by atoms with Crippen LogP contribution in [-0.4, -0.2) is 28.9 Å². The van der Waals surface area contributed by atoms with Crippen LogP contribution in [0.1, 0.15) is 25.6 Å². The monoisotopic (exact) mass is 206 g/mol. The number of aromatic nitrogens is 2. The molecular weight excluding hydrogens is 188 g/mol. The minimum atomic E-state index is 0.115. The molecule has 0 spiro atoms. The van der Waals surface area contributed by atoms with Crippen molar-refractivity contribution in [3.05, 3.63) is 24.0 Å². The zero-order chi connectivity index (χ0) is 10.8. The molecule has 1 aliphatic heterocycles. The third-order valence-electron chi connectivity index (χ3n) is 2.60. The van der Waals surface area contributed by atoms with E-state index in [0.29, 0.717) is 6.04 Å². The smallest absolute Gasteiger partial charge is 0.0655 e. The van der Waals surface area contributed by atoms with Crippen LogP contribution < -0.4 is 11.1 Å². The lowest BCUT2D eigenvalue weighted by molar-refractivity contribution is 0.524. The zero-order valence-corrected chi connectivity index (χ0v) is 9.27. The van der Waals surface area contributed by atoms with Crippen LogP contribution in [0.25, 0.3) is 5.57 Å². The molecule has 15 heavy (non-hydrogen) atoms. The van der Waals surface area contributed by atoms with Gasteiger partial charge in [-0.2, -0.15) is 5.10 Å². The summed E-state index contributed by atoms with van der Waals surface area (Å²) in [5.74, 6) is 0. The first kappa shape index (κ1) is 10.4. The first-order chi connectivity index (χ1) is 7.18. The van der Waals surface area contributed by atoms with Crippen LogP contribution in [0.4, 0.5) is 0 Å². The summed E-state index contributed by atoms with van der Waals surface area (Å²) in [7, 11) is 0. The highest BCUT2D eigenvalue weighted by Gasteiger charge is 2.15. The molecule has 0 saturated heterocycles. The van der Waals surface area contributed by atoms with E-state index in [0.717, 1.165) is 13.1 Å². The van der Waals surface area contributed by atoms with Gasteiger partial charge in [0.15, 0.2) is 0 Å². The number of nitrogens with one attached hydrogen (secondary N) is 1. The molecule has 0 saturated carbocycles. The van der Waals surface area contributed by atoms with Crippen LogP contribution in [0.15, 0.2) is 18.3 Å². The van der Waals surface area contributed by atoms with Gasteiger partial charge in [-0.05, 0) is 25.5 Å². The number of hydrogen-bond donors (Lipinski definition) is 2. The standard InChI is InChI=1S/C11H18N4/c1-8(2)15-11(3-4-14-15)9-5-10(12)7-13-6-9/h3-5,8,10,13H,6-7,12H2,1-2H3. The summed E-state index contributed by atoms with van der Waals surface area (Å²) in [6.45, 7) is 6.01. The molecule has 0 fully saturated rings. The third kappa shape index (κ3) is 2.11. The Morgan fingerprint density at radius 2 is 2.40 bits per heavy atom. The first-order valence-corrected chi connectivity index (χ1v) is 5.39. The van der Waals surface area contributed by atoms with Crippen LogP contribution >= 0.6 is 0 Å². The zero-order valence-electron chi connectivity index (χ0n) is 9.27. The van der Waals surface area contributed by atoms with Gasteiger partial charge in [0, 0.05) is 31.4 Å². The summed E-state index contributed by atoms with van der Waals surface area (Å²) < 4.78 is 2.03. The number of rotatable bonds is 2. The molecule has 0 radical (unpaired) electrons. The first-order valence-electron chi connectivity index (χ1n) is 5.39. The maximum atomic E-state index is 5.89. The molecular formula is C11H18N4. The molecule has 4 nitrogen and oxygen atoms in total. The van der Waals surface area contributed by atoms with Crippen molar-refractivity contribution in [2.24, 2.45) is 5.73 Å². The molecule has 1 atom stereocenters. The number of hydrogen-bond acceptors (Lipinski definition) is 3. The van der Waals surface area contributed by atoms with E-state index in [2.05, 4.69) is 30.3 Å². The van der Waals surface area contributed by atoms with Crippen LogP contribution in [0.3, 0.4) is 0 Å². The lowest BCUT2D eigenvalue weighted by atomic mass is 10.1. The van der Waals surface area contributed by atoms with Crippen LogP contribution in [-0.2, 0) is 0 Å². The lowest BCUT2D eigenvalue weighted by Crippen LogP contribution is -2.37. The Morgan fingerprint density at radius 1 is 1.60 bits per heavy atom. The molecule has 1 aliphatic rings. The average molecular weight is 206 g/mol. The van der Waals surface area contributed by atoms with E-state index in [1.807, 2.05) is 16.9 Å². The van der Waals surface area contributed by atoms with Crippen LogP contribution in [0.2, 0.25) is 0 Å². The van der Waals surface area contributed by atoms with Gasteiger partial charge >= 0.3 is 0 Å². The van der Waals surface area contributed by atoms with Crippen LogP contribution in [0, 0.1) is 0 Å². The fraction of sp³-hybridized carbons (Fsp3) is 0.545. The maximum Gasteiger partial charge on any atom is 0.0655 e. The minimum Gasteiger partial charge on any atom is -0.323 e. The van der Waals surface area contributed by atoms with Gasteiger partial charge in [0.25, 0.3) is 0 Å². The SMILES string of the molecule is CC(C)n1nccc1C1=CC(N)CNC1. The van der Waals surface area contributed by atoms with Crippen molar-refractivity contribution in [1.29, 1.82) is 0 Å². The van der Waals surface area contributed by atoms with E-state index >= 15 is 0 Å². The maximum absolute atomic E-state index is 5.89. The summed E-state index contributed by atoms with van der Waals surface area (Å²) in [6, 6.07) is 2.55. The van der Waals surface area contributed by atoms with Gasteiger partial charge in [0.05, 0.1) is 5.69 Å². The molecule has 0 aliphatic carbocycles. The van der Waals surface area contributed by atoms with Gasteiger partial charge < -0.3 is 11.1 Å².